The number of carbonyl (C=O) groups excluding carboxylic acids is 1. The number of Topliss-reactive ketones (excluding diaryl/α,β-unsaturated/α-hetero) is 1. The average molecular weight is 563 g/mol. The number of likely N-dealkylation sites (tertiary alicyclic amines) is 1. The van der Waals surface area contributed by atoms with E-state index in [1.807, 2.05) is 11.8 Å². The van der Waals surface area contributed by atoms with Gasteiger partial charge >= 0.3 is 12.1 Å². The SMILES string of the molecule is CC1C(=O)CCN(Cc2c(-c3cccc(C(F)(F)F)c3)nc3ccc(S(=O)(=O)C(C)C)cc3c2C(=O)O)C1C. The molecule has 1 fully saturated rings. The number of alkyl halides is 3. The highest BCUT2D eigenvalue weighted by molar-refractivity contribution is 7.92. The Hall–Kier alpha value is -3.31. The van der Waals surface area contributed by atoms with E-state index in [-0.39, 0.29) is 68.9 Å². The molecule has 0 saturated carbocycles. The van der Waals surface area contributed by atoms with Crippen molar-refractivity contribution >= 4 is 32.5 Å². The standard InChI is InChI=1S/C28H29F3N2O5S/c1-15(2)39(37,38)20-8-9-23-21(13-20)25(27(35)36)22(14-33-11-10-24(34)16(3)17(33)4)26(32-23)18-6-5-7-19(12-18)28(29,30)31/h5-9,12-13,15-17H,10-11,14H2,1-4H3,(H,35,36). The normalized spacial score (nSPS) is 19.1. The van der Waals surface area contributed by atoms with Crippen LogP contribution >= 0.6 is 0 Å². The molecule has 7 nitrogen and oxygen atoms in total. The minimum Gasteiger partial charge on any atom is -0.478 e. The molecule has 39 heavy (non-hydrogen) atoms. The van der Waals surface area contributed by atoms with Crippen molar-refractivity contribution in [2.24, 2.45) is 5.92 Å². The van der Waals surface area contributed by atoms with Crippen molar-refractivity contribution in [3.63, 3.8) is 0 Å². The molecule has 2 atom stereocenters. The Morgan fingerprint density at radius 2 is 1.85 bits per heavy atom. The second-order valence-electron chi connectivity index (χ2n) is 10.2. The summed E-state index contributed by atoms with van der Waals surface area (Å²) in [4.78, 5) is 31.4. The summed E-state index contributed by atoms with van der Waals surface area (Å²) in [6.45, 7) is 6.98. The summed E-state index contributed by atoms with van der Waals surface area (Å²) < 4.78 is 66.4. The van der Waals surface area contributed by atoms with E-state index < -0.39 is 32.8 Å². The Morgan fingerprint density at radius 1 is 1.15 bits per heavy atom. The van der Waals surface area contributed by atoms with Crippen LogP contribution in [-0.4, -0.2) is 53.0 Å². The number of carboxylic acid groups (broad SMARTS) is 1. The lowest BCUT2D eigenvalue weighted by atomic mass is 9.89. The molecule has 1 aliphatic heterocycles. The maximum Gasteiger partial charge on any atom is 0.416 e. The van der Waals surface area contributed by atoms with Gasteiger partial charge in [-0.1, -0.05) is 19.1 Å². The maximum atomic E-state index is 13.6. The number of carbonyl (C=O) groups is 2. The van der Waals surface area contributed by atoms with E-state index in [4.69, 9.17) is 0 Å². The van der Waals surface area contributed by atoms with Crippen molar-refractivity contribution in [3.05, 3.63) is 59.2 Å². The van der Waals surface area contributed by atoms with Gasteiger partial charge in [0, 0.05) is 48.0 Å². The number of benzene rings is 2. The molecule has 3 aromatic rings. The number of ketones is 1. The number of sulfone groups is 1. The predicted octanol–water partition coefficient (Wildman–Crippen LogP) is 5.60. The fourth-order valence-corrected chi connectivity index (χ4v) is 5.99. The Balaban J connectivity index is 2.03. The summed E-state index contributed by atoms with van der Waals surface area (Å²) in [7, 11) is -3.75. The number of aromatic nitrogens is 1. The van der Waals surface area contributed by atoms with Crippen LogP contribution in [0.2, 0.25) is 0 Å². The number of hydrogen-bond donors (Lipinski definition) is 1. The van der Waals surface area contributed by atoms with Crippen molar-refractivity contribution in [2.45, 2.75) is 63.0 Å². The molecular formula is C28H29F3N2O5S. The topological polar surface area (TPSA) is 105 Å². The van der Waals surface area contributed by atoms with Crippen LogP contribution in [0.15, 0.2) is 47.4 Å². The van der Waals surface area contributed by atoms with Crippen LogP contribution in [0.1, 0.15) is 55.6 Å². The summed E-state index contributed by atoms with van der Waals surface area (Å²) in [6.07, 6.45) is -4.37. The first-order valence-electron chi connectivity index (χ1n) is 12.5. The first-order chi connectivity index (χ1) is 18.1. The van der Waals surface area contributed by atoms with E-state index in [9.17, 15) is 36.3 Å². The highest BCUT2D eigenvalue weighted by Gasteiger charge is 2.34. The zero-order valence-electron chi connectivity index (χ0n) is 21.9. The number of nitrogens with zero attached hydrogens (tertiary/aromatic N) is 2. The van der Waals surface area contributed by atoms with Crippen LogP contribution in [0.5, 0.6) is 0 Å². The average Bonchev–Trinajstić information content (AvgIpc) is 2.87. The summed E-state index contributed by atoms with van der Waals surface area (Å²) in [5.74, 6) is -1.60. The Labute approximate surface area is 224 Å². The van der Waals surface area contributed by atoms with Gasteiger partial charge in [-0.2, -0.15) is 13.2 Å². The van der Waals surface area contributed by atoms with Crippen LogP contribution in [0.25, 0.3) is 22.2 Å². The molecule has 1 N–H and O–H groups in total. The van der Waals surface area contributed by atoms with Gasteiger partial charge in [-0.25, -0.2) is 18.2 Å². The molecule has 4 rings (SSSR count). The van der Waals surface area contributed by atoms with E-state index in [1.165, 1.54) is 44.2 Å². The lowest BCUT2D eigenvalue weighted by Gasteiger charge is -2.37. The molecule has 2 unspecified atom stereocenters. The number of aromatic carboxylic acids is 1. The molecule has 11 heteroatoms. The van der Waals surface area contributed by atoms with Crippen molar-refractivity contribution in [1.29, 1.82) is 0 Å². The minimum absolute atomic E-state index is 0.00387. The molecule has 1 aromatic heterocycles. The summed E-state index contributed by atoms with van der Waals surface area (Å²) in [6, 6.07) is 8.22. The maximum absolute atomic E-state index is 13.6. The predicted molar refractivity (Wildman–Crippen MR) is 140 cm³/mol. The van der Waals surface area contributed by atoms with Crippen LogP contribution in [0, 0.1) is 5.92 Å². The number of halogens is 3. The quantitative estimate of drug-likeness (QED) is 0.417. The number of pyridine rings is 1. The third kappa shape index (κ3) is 5.42. The van der Waals surface area contributed by atoms with E-state index in [0.717, 1.165) is 12.1 Å². The van der Waals surface area contributed by atoms with E-state index in [1.54, 1.807) is 6.92 Å². The Morgan fingerprint density at radius 3 is 2.46 bits per heavy atom. The molecule has 0 amide bonds. The highest BCUT2D eigenvalue weighted by Crippen LogP contribution is 2.37. The van der Waals surface area contributed by atoms with Gasteiger partial charge in [-0.3, -0.25) is 9.69 Å². The molecule has 2 aromatic carbocycles. The van der Waals surface area contributed by atoms with Crippen molar-refractivity contribution in [1.82, 2.24) is 9.88 Å². The van der Waals surface area contributed by atoms with Crippen LogP contribution < -0.4 is 0 Å². The summed E-state index contributed by atoms with van der Waals surface area (Å²) in [5.41, 5.74) is -0.707. The first-order valence-corrected chi connectivity index (χ1v) is 14.1. The molecule has 0 radical (unpaired) electrons. The number of hydrogen-bond acceptors (Lipinski definition) is 6. The number of rotatable bonds is 6. The van der Waals surface area contributed by atoms with Gasteiger partial charge in [0.1, 0.15) is 5.78 Å². The lowest BCUT2D eigenvalue weighted by Crippen LogP contribution is -2.46. The van der Waals surface area contributed by atoms with Crippen LogP contribution in [0.3, 0.4) is 0 Å². The van der Waals surface area contributed by atoms with Gasteiger partial charge in [-0.05, 0) is 51.1 Å². The fraction of sp³-hybridized carbons (Fsp3) is 0.393. The second-order valence-corrected chi connectivity index (χ2v) is 12.7. The molecule has 0 spiro atoms. The van der Waals surface area contributed by atoms with Crippen LogP contribution in [-0.2, 0) is 27.4 Å². The smallest absolute Gasteiger partial charge is 0.416 e. The summed E-state index contributed by atoms with van der Waals surface area (Å²) in [5, 5.41) is 9.70. The lowest BCUT2D eigenvalue weighted by molar-refractivity contribution is -0.137. The molecule has 1 aliphatic rings. The summed E-state index contributed by atoms with van der Waals surface area (Å²) >= 11 is 0. The van der Waals surface area contributed by atoms with Gasteiger partial charge in [0.05, 0.1) is 32.5 Å². The van der Waals surface area contributed by atoms with E-state index >= 15 is 0 Å². The molecule has 0 bridgehead atoms. The van der Waals surface area contributed by atoms with Gasteiger partial charge in [0.25, 0.3) is 0 Å². The monoisotopic (exact) mass is 562 g/mol. The molecule has 0 aliphatic carbocycles. The zero-order chi connectivity index (χ0) is 28.9. The number of piperidine rings is 1. The highest BCUT2D eigenvalue weighted by atomic mass is 32.2. The zero-order valence-corrected chi connectivity index (χ0v) is 22.7. The molecule has 1 saturated heterocycles. The largest absolute Gasteiger partial charge is 0.478 e. The molecule has 208 valence electrons. The third-order valence-corrected chi connectivity index (χ3v) is 9.65. The van der Waals surface area contributed by atoms with E-state index in [2.05, 4.69) is 4.98 Å². The van der Waals surface area contributed by atoms with Crippen molar-refractivity contribution in [3.8, 4) is 11.3 Å². The number of carboxylic acids is 1. The first kappa shape index (κ1) is 28.7. The van der Waals surface area contributed by atoms with Gasteiger partial charge in [0.2, 0.25) is 0 Å². The van der Waals surface area contributed by atoms with Gasteiger partial charge in [0.15, 0.2) is 9.84 Å². The minimum atomic E-state index is -4.63. The molecular weight excluding hydrogens is 533 g/mol. The Kier molecular flexibility index (Phi) is 7.61. The fourth-order valence-electron chi connectivity index (χ4n) is 4.91. The number of fused-ring (bicyclic) bond motifs is 1. The molecule has 2 heterocycles. The van der Waals surface area contributed by atoms with Crippen molar-refractivity contribution in [2.75, 3.05) is 6.54 Å². The van der Waals surface area contributed by atoms with Crippen LogP contribution in [0.4, 0.5) is 13.2 Å². The van der Waals surface area contributed by atoms with Crippen molar-refractivity contribution < 1.29 is 36.3 Å². The van der Waals surface area contributed by atoms with Gasteiger partial charge < -0.3 is 5.11 Å². The third-order valence-electron chi connectivity index (χ3n) is 7.50. The Bertz CT molecular complexity index is 1570. The van der Waals surface area contributed by atoms with E-state index in [0.29, 0.717) is 6.54 Å². The second kappa shape index (κ2) is 10.3. The van der Waals surface area contributed by atoms with Gasteiger partial charge in [-0.15, -0.1) is 0 Å².